The van der Waals surface area contributed by atoms with Crippen LogP contribution in [-0.2, 0) is 0 Å². The van der Waals surface area contributed by atoms with Crippen LogP contribution in [0.2, 0.25) is 0 Å². The van der Waals surface area contributed by atoms with E-state index in [0.29, 0.717) is 29.1 Å². The van der Waals surface area contributed by atoms with Crippen LogP contribution >= 0.6 is 12.2 Å². The third kappa shape index (κ3) is 4.14. The lowest BCUT2D eigenvalue weighted by Crippen LogP contribution is -2.46. The minimum Gasteiger partial charge on any atom is -0.349 e. The second-order valence-electron chi connectivity index (χ2n) is 7.06. The number of imidazole rings is 1. The molecule has 29 heavy (non-hydrogen) atoms. The van der Waals surface area contributed by atoms with E-state index in [1.54, 1.807) is 22.9 Å². The number of hydrogen-bond acceptors (Lipinski definition) is 3. The van der Waals surface area contributed by atoms with Crippen LogP contribution in [0.3, 0.4) is 0 Å². The fraction of sp³-hybridized carbons (Fsp3) is 0.227. The number of amides is 2. The van der Waals surface area contributed by atoms with Crippen LogP contribution in [0.1, 0.15) is 33.7 Å². The van der Waals surface area contributed by atoms with Gasteiger partial charge in [-0.1, -0.05) is 36.4 Å². The lowest BCUT2D eigenvalue weighted by molar-refractivity contribution is 0.0690. The zero-order chi connectivity index (χ0) is 20.2. The second-order valence-corrected chi connectivity index (χ2v) is 7.44. The van der Waals surface area contributed by atoms with Gasteiger partial charge in [-0.05, 0) is 49.3 Å². The zero-order valence-corrected chi connectivity index (χ0v) is 16.7. The van der Waals surface area contributed by atoms with Gasteiger partial charge in [-0.3, -0.25) is 14.2 Å². The third-order valence-electron chi connectivity index (χ3n) is 5.16. The quantitative estimate of drug-likeness (QED) is 0.651. The van der Waals surface area contributed by atoms with Crippen LogP contribution in [0.4, 0.5) is 0 Å². The molecule has 1 aliphatic heterocycles. The van der Waals surface area contributed by atoms with Gasteiger partial charge in [0.15, 0.2) is 4.77 Å². The van der Waals surface area contributed by atoms with Crippen LogP contribution in [0.15, 0.2) is 66.9 Å². The van der Waals surface area contributed by atoms with Crippen molar-refractivity contribution in [2.24, 2.45) is 0 Å². The summed E-state index contributed by atoms with van der Waals surface area (Å²) in [5, 5.41) is 3.07. The number of piperidine rings is 1. The highest BCUT2D eigenvalue weighted by molar-refractivity contribution is 7.71. The fourth-order valence-corrected chi connectivity index (χ4v) is 3.87. The van der Waals surface area contributed by atoms with Gasteiger partial charge in [-0.2, -0.15) is 0 Å². The Morgan fingerprint density at radius 3 is 2.24 bits per heavy atom. The highest BCUT2D eigenvalue weighted by Gasteiger charge is 2.27. The average Bonchev–Trinajstić information content (AvgIpc) is 3.16. The first-order valence-corrected chi connectivity index (χ1v) is 10.1. The number of aromatic amines is 1. The minimum atomic E-state index is -0.0707. The summed E-state index contributed by atoms with van der Waals surface area (Å²) >= 11 is 5.38. The average molecular weight is 407 g/mol. The number of carbonyl (C=O) groups is 2. The third-order valence-corrected chi connectivity index (χ3v) is 5.46. The lowest BCUT2D eigenvalue weighted by atomic mass is 10.0. The van der Waals surface area contributed by atoms with Crippen molar-refractivity contribution < 1.29 is 9.59 Å². The van der Waals surface area contributed by atoms with Crippen LogP contribution < -0.4 is 5.32 Å². The molecule has 3 aromatic rings. The molecule has 1 fully saturated rings. The van der Waals surface area contributed by atoms with Crippen molar-refractivity contribution in [1.29, 1.82) is 0 Å². The highest BCUT2D eigenvalue weighted by atomic mass is 32.1. The summed E-state index contributed by atoms with van der Waals surface area (Å²) in [7, 11) is 0. The molecule has 0 unspecified atom stereocenters. The van der Waals surface area contributed by atoms with Gasteiger partial charge in [0, 0.05) is 36.6 Å². The number of H-pyrrole nitrogens is 1. The van der Waals surface area contributed by atoms with Crippen LogP contribution in [0, 0.1) is 4.77 Å². The van der Waals surface area contributed by atoms with Crippen molar-refractivity contribution in [3.05, 3.63) is 82.9 Å². The Morgan fingerprint density at radius 2 is 1.59 bits per heavy atom. The van der Waals surface area contributed by atoms with E-state index in [2.05, 4.69) is 10.3 Å². The van der Waals surface area contributed by atoms with Crippen molar-refractivity contribution >= 4 is 24.0 Å². The summed E-state index contributed by atoms with van der Waals surface area (Å²) in [5.74, 6) is -0.132. The van der Waals surface area contributed by atoms with Crippen LogP contribution in [0.5, 0.6) is 0 Å². The Hall–Kier alpha value is -3.19. The molecular formula is C22H22N4O2S. The maximum Gasteiger partial charge on any atom is 0.272 e. The van der Waals surface area contributed by atoms with E-state index in [4.69, 9.17) is 12.2 Å². The minimum absolute atomic E-state index is 0.0611. The molecule has 7 heteroatoms. The van der Waals surface area contributed by atoms with Gasteiger partial charge >= 0.3 is 0 Å². The highest BCUT2D eigenvalue weighted by Crippen LogP contribution is 2.18. The number of rotatable bonds is 4. The van der Waals surface area contributed by atoms with Gasteiger partial charge in [0.25, 0.3) is 11.8 Å². The van der Waals surface area contributed by atoms with Gasteiger partial charge in [-0.15, -0.1) is 0 Å². The number of hydrogen-bond donors (Lipinski definition) is 2. The van der Waals surface area contributed by atoms with Crippen molar-refractivity contribution in [2.45, 2.75) is 18.9 Å². The Kier molecular flexibility index (Phi) is 5.57. The Balaban J connectivity index is 1.41. The number of aromatic nitrogens is 2. The molecule has 2 aromatic carbocycles. The monoisotopic (exact) mass is 406 g/mol. The largest absolute Gasteiger partial charge is 0.349 e. The number of para-hydroxylation sites is 1. The van der Waals surface area contributed by atoms with Gasteiger partial charge in [0.05, 0.1) is 0 Å². The molecule has 0 atom stereocenters. The molecule has 1 aromatic heterocycles. The zero-order valence-electron chi connectivity index (χ0n) is 15.9. The van der Waals surface area contributed by atoms with E-state index in [1.807, 2.05) is 53.4 Å². The van der Waals surface area contributed by atoms with Gasteiger partial charge in [0.1, 0.15) is 5.69 Å². The van der Waals surface area contributed by atoms with E-state index in [1.165, 1.54) is 0 Å². The number of nitrogens with zero attached hydrogens (tertiary/aromatic N) is 2. The summed E-state index contributed by atoms with van der Waals surface area (Å²) < 4.78 is 2.26. The first-order valence-electron chi connectivity index (χ1n) is 9.64. The molecule has 0 bridgehead atoms. The molecule has 4 rings (SSSR count). The van der Waals surface area contributed by atoms with Gasteiger partial charge in [-0.25, -0.2) is 0 Å². The molecule has 148 valence electrons. The number of benzene rings is 2. The van der Waals surface area contributed by atoms with Gasteiger partial charge in [0.2, 0.25) is 0 Å². The number of likely N-dealkylation sites (tertiary alicyclic amines) is 1. The normalized spacial score (nSPS) is 14.6. The van der Waals surface area contributed by atoms with Crippen molar-refractivity contribution in [3.63, 3.8) is 0 Å². The summed E-state index contributed by atoms with van der Waals surface area (Å²) in [6.07, 6.45) is 3.11. The summed E-state index contributed by atoms with van der Waals surface area (Å²) in [5.41, 5.74) is 2.03. The fourth-order valence-electron chi connectivity index (χ4n) is 3.61. The van der Waals surface area contributed by atoms with E-state index in [-0.39, 0.29) is 17.9 Å². The number of carbonyl (C=O) groups excluding carboxylic acids is 2. The molecule has 0 saturated carbocycles. The molecular weight excluding hydrogens is 384 g/mol. The van der Waals surface area contributed by atoms with Gasteiger partial charge < -0.3 is 15.2 Å². The summed E-state index contributed by atoms with van der Waals surface area (Å²) in [6.45, 7) is 1.18. The molecule has 6 nitrogen and oxygen atoms in total. The van der Waals surface area contributed by atoms with E-state index < -0.39 is 0 Å². The molecule has 1 aliphatic rings. The maximum atomic E-state index is 13.1. The molecule has 2 amide bonds. The smallest absolute Gasteiger partial charge is 0.272 e. The Bertz CT molecular complexity index is 1050. The second kappa shape index (κ2) is 8.45. The molecule has 0 radical (unpaired) electrons. The molecule has 0 spiro atoms. The Labute approximate surface area is 174 Å². The van der Waals surface area contributed by atoms with Crippen molar-refractivity contribution in [1.82, 2.24) is 19.8 Å². The predicted octanol–water partition coefficient (Wildman–Crippen LogP) is 3.57. The number of nitrogens with one attached hydrogen (secondary N) is 2. The first kappa shape index (κ1) is 19.1. The van der Waals surface area contributed by atoms with Crippen LogP contribution in [0.25, 0.3) is 5.69 Å². The standard InChI is InChI=1S/C22H22N4O2S/c27-20(16-7-3-1-4-8-16)24-17-11-13-25(14-12-17)21(28)19-15-23-22(29)26(19)18-9-5-2-6-10-18/h1-10,15,17H,11-14H2,(H,23,29)(H,24,27). The molecule has 2 N–H and O–H groups in total. The predicted molar refractivity (Wildman–Crippen MR) is 114 cm³/mol. The molecule has 2 heterocycles. The van der Waals surface area contributed by atoms with Crippen molar-refractivity contribution in [2.75, 3.05) is 13.1 Å². The summed E-state index contributed by atoms with van der Waals surface area (Å²) in [6, 6.07) is 18.9. The molecule has 1 saturated heterocycles. The molecule has 0 aliphatic carbocycles. The van der Waals surface area contributed by atoms with E-state index in [9.17, 15) is 9.59 Å². The summed E-state index contributed by atoms with van der Waals surface area (Å²) in [4.78, 5) is 30.3. The van der Waals surface area contributed by atoms with Crippen molar-refractivity contribution in [3.8, 4) is 5.69 Å². The van der Waals surface area contributed by atoms with E-state index >= 15 is 0 Å². The first-order chi connectivity index (χ1) is 14.1. The Morgan fingerprint density at radius 1 is 0.966 bits per heavy atom. The maximum absolute atomic E-state index is 13.1. The van der Waals surface area contributed by atoms with Crippen LogP contribution in [-0.4, -0.2) is 45.4 Å². The van der Waals surface area contributed by atoms with E-state index in [0.717, 1.165) is 18.5 Å². The SMILES string of the molecule is O=C(NC1CCN(C(=O)c2c[nH]c(=S)n2-c2ccccc2)CC1)c1ccccc1. The lowest BCUT2D eigenvalue weighted by Gasteiger charge is -2.32. The topological polar surface area (TPSA) is 70.1 Å².